The van der Waals surface area contributed by atoms with Gasteiger partial charge in [0.05, 0.1) is 8.07 Å². The molecule has 0 aliphatic carbocycles. The van der Waals surface area contributed by atoms with Gasteiger partial charge >= 0.3 is 21.2 Å². The first-order valence-corrected chi connectivity index (χ1v) is 14.5. The Balaban J connectivity index is 2.01. The normalized spacial score (nSPS) is 11.4. The molecule has 0 bridgehead atoms. The molecule has 26 heavy (non-hydrogen) atoms. The topological polar surface area (TPSA) is 17.1 Å². The fourth-order valence-corrected chi connectivity index (χ4v) is 9.33. The summed E-state index contributed by atoms with van der Waals surface area (Å²) >= 11 is -0.294. The SMILES string of the molecule is Cc1ccc(C(=O)c2ccc([Si](C)(C)C)c([I+]c3ccccc3)c2)cc1. The van der Waals surface area contributed by atoms with Gasteiger partial charge in [-0.3, -0.25) is 4.79 Å². The van der Waals surface area contributed by atoms with Gasteiger partial charge in [-0.2, -0.15) is 0 Å². The molecule has 0 amide bonds. The van der Waals surface area contributed by atoms with Gasteiger partial charge in [-0.15, -0.1) is 0 Å². The first kappa shape index (κ1) is 19.0. The third-order valence-electron chi connectivity index (χ3n) is 4.30. The van der Waals surface area contributed by atoms with E-state index in [-0.39, 0.29) is 27.0 Å². The largest absolute Gasteiger partial charge is 0.357 e. The van der Waals surface area contributed by atoms with Crippen molar-refractivity contribution in [1.29, 1.82) is 0 Å². The van der Waals surface area contributed by atoms with Crippen molar-refractivity contribution in [2.75, 3.05) is 0 Å². The average molecular weight is 471 g/mol. The number of hydrogen-bond donors (Lipinski definition) is 0. The van der Waals surface area contributed by atoms with Crippen molar-refractivity contribution in [2.24, 2.45) is 0 Å². The van der Waals surface area contributed by atoms with Gasteiger partial charge in [-0.1, -0.05) is 79.8 Å². The highest BCUT2D eigenvalue weighted by molar-refractivity contribution is 6.88. The lowest BCUT2D eigenvalue weighted by Crippen LogP contribution is -3.62. The summed E-state index contributed by atoms with van der Waals surface area (Å²) in [6.45, 7) is 9.17. The summed E-state index contributed by atoms with van der Waals surface area (Å²) in [4.78, 5) is 12.9. The summed E-state index contributed by atoms with van der Waals surface area (Å²) in [5, 5.41) is 1.48. The summed E-state index contributed by atoms with van der Waals surface area (Å²) in [7, 11) is -1.46. The molecule has 0 aliphatic heterocycles. The lowest BCUT2D eigenvalue weighted by Gasteiger charge is -2.16. The summed E-state index contributed by atoms with van der Waals surface area (Å²) in [5.41, 5.74) is 2.74. The second kappa shape index (κ2) is 7.88. The molecule has 0 spiro atoms. The van der Waals surface area contributed by atoms with Crippen molar-refractivity contribution < 1.29 is 26.0 Å². The molecule has 0 unspecified atom stereocenters. The first-order valence-electron chi connectivity index (χ1n) is 8.80. The molecule has 0 saturated heterocycles. The second-order valence-corrected chi connectivity index (χ2v) is 15.5. The number of hydrogen-bond acceptors (Lipinski definition) is 1. The predicted molar refractivity (Wildman–Crippen MR) is 108 cm³/mol. The number of aryl methyl sites for hydroxylation is 1. The van der Waals surface area contributed by atoms with Gasteiger partial charge in [0, 0.05) is 17.2 Å². The van der Waals surface area contributed by atoms with Crippen LogP contribution < -0.4 is 26.4 Å². The third-order valence-corrected chi connectivity index (χ3v) is 9.67. The van der Waals surface area contributed by atoms with Crippen LogP contribution in [-0.4, -0.2) is 13.9 Å². The van der Waals surface area contributed by atoms with E-state index in [1.165, 1.54) is 17.9 Å². The Kier molecular flexibility index (Phi) is 5.78. The van der Waals surface area contributed by atoms with Crippen LogP contribution in [0.15, 0.2) is 72.8 Å². The van der Waals surface area contributed by atoms with Crippen LogP contribution in [-0.2, 0) is 0 Å². The lowest BCUT2D eigenvalue weighted by atomic mass is 10.0. The van der Waals surface area contributed by atoms with Crippen molar-refractivity contribution in [3.8, 4) is 0 Å². The number of carbonyl (C=O) groups excluding carboxylic acids is 1. The van der Waals surface area contributed by atoms with E-state index >= 15 is 0 Å². The first-order chi connectivity index (χ1) is 12.3. The van der Waals surface area contributed by atoms with E-state index in [1.54, 1.807) is 0 Å². The summed E-state index contributed by atoms with van der Waals surface area (Å²) in [5.74, 6) is 0.116. The summed E-state index contributed by atoms with van der Waals surface area (Å²) < 4.78 is 2.79. The molecule has 132 valence electrons. The number of rotatable bonds is 5. The highest BCUT2D eigenvalue weighted by Gasteiger charge is 2.29. The minimum absolute atomic E-state index is 0.116. The predicted octanol–water partition coefficient (Wildman–Crippen LogP) is 1.90. The summed E-state index contributed by atoms with van der Waals surface area (Å²) in [6, 6.07) is 24.9. The maximum absolute atomic E-state index is 12.9. The molecule has 0 aromatic heterocycles. The molecule has 0 aliphatic rings. The quantitative estimate of drug-likeness (QED) is 0.316. The second-order valence-electron chi connectivity index (χ2n) is 7.53. The van der Waals surface area contributed by atoms with Crippen LogP contribution in [0.1, 0.15) is 21.5 Å². The molecule has 1 nitrogen and oxygen atoms in total. The molecule has 3 aromatic carbocycles. The van der Waals surface area contributed by atoms with E-state index in [4.69, 9.17) is 0 Å². The maximum Gasteiger partial charge on any atom is 0.357 e. The molecule has 0 radical (unpaired) electrons. The highest BCUT2D eigenvalue weighted by Crippen LogP contribution is 2.12. The molecular formula is C23H24IOSi+. The van der Waals surface area contributed by atoms with Crippen molar-refractivity contribution in [2.45, 2.75) is 26.6 Å². The van der Waals surface area contributed by atoms with Crippen LogP contribution in [0.5, 0.6) is 0 Å². The van der Waals surface area contributed by atoms with Crippen molar-refractivity contribution in [1.82, 2.24) is 0 Å². The fourth-order valence-electron chi connectivity index (χ4n) is 2.81. The molecule has 0 saturated carbocycles. The molecule has 3 heteroatoms. The summed E-state index contributed by atoms with van der Waals surface area (Å²) in [6.07, 6.45) is 0. The van der Waals surface area contributed by atoms with E-state index in [1.807, 2.05) is 37.3 Å². The molecule has 0 atom stereocenters. The zero-order chi connectivity index (χ0) is 18.7. The highest BCUT2D eigenvalue weighted by atomic mass is 127. The molecule has 3 rings (SSSR count). The number of ketones is 1. The standard InChI is InChI=1S/C23H24IOSi/c1-17-10-12-18(13-11-17)23(25)19-14-15-22(26(2,3)4)21(16-19)24-20-8-6-5-7-9-20/h5-16H,1-4H3/q+1. The van der Waals surface area contributed by atoms with E-state index in [0.29, 0.717) is 0 Å². The molecule has 0 N–H and O–H groups in total. The zero-order valence-electron chi connectivity index (χ0n) is 15.7. The number of benzene rings is 3. The Hall–Kier alpha value is -1.72. The van der Waals surface area contributed by atoms with Crippen LogP contribution >= 0.6 is 0 Å². The van der Waals surface area contributed by atoms with Crippen LogP contribution in [0.2, 0.25) is 19.6 Å². The van der Waals surface area contributed by atoms with Gasteiger partial charge in [-0.25, -0.2) is 0 Å². The maximum atomic E-state index is 12.9. The number of halogens is 1. The monoisotopic (exact) mass is 471 g/mol. The van der Waals surface area contributed by atoms with Gasteiger partial charge in [0.15, 0.2) is 12.9 Å². The smallest absolute Gasteiger partial charge is 0.289 e. The Labute approximate surface area is 167 Å². The Bertz CT molecular complexity index is 909. The molecule has 0 heterocycles. The van der Waals surface area contributed by atoms with Gasteiger partial charge in [0.25, 0.3) is 0 Å². The Morgan fingerprint density at radius 1 is 0.808 bits per heavy atom. The van der Waals surface area contributed by atoms with E-state index < -0.39 is 8.07 Å². The minimum atomic E-state index is -1.46. The van der Waals surface area contributed by atoms with Crippen molar-refractivity contribution in [3.63, 3.8) is 0 Å². The van der Waals surface area contributed by atoms with Crippen LogP contribution in [0.4, 0.5) is 0 Å². The van der Waals surface area contributed by atoms with Crippen LogP contribution in [0.25, 0.3) is 0 Å². The lowest BCUT2D eigenvalue weighted by molar-refractivity contribution is -0.596. The van der Waals surface area contributed by atoms with Crippen LogP contribution in [0, 0.1) is 14.1 Å². The Morgan fingerprint density at radius 3 is 2.04 bits per heavy atom. The Morgan fingerprint density at radius 2 is 1.42 bits per heavy atom. The van der Waals surface area contributed by atoms with E-state index in [2.05, 4.69) is 62.1 Å². The number of carbonyl (C=O) groups is 1. The van der Waals surface area contributed by atoms with Gasteiger partial charge in [-0.05, 0) is 24.2 Å². The van der Waals surface area contributed by atoms with Gasteiger partial charge in [0.2, 0.25) is 0 Å². The van der Waals surface area contributed by atoms with E-state index in [0.717, 1.165) is 11.1 Å². The molecule has 0 fully saturated rings. The molecular weight excluding hydrogens is 447 g/mol. The van der Waals surface area contributed by atoms with Crippen molar-refractivity contribution in [3.05, 3.63) is 96.6 Å². The minimum Gasteiger partial charge on any atom is -0.289 e. The van der Waals surface area contributed by atoms with Crippen molar-refractivity contribution >= 4 is 19.0 Å². The van der Waals surface area contributed by atoms with Gasteiger partial charge in [0.1, 0.15) is 0 Å². The fraction of sp³-hybridized carbons (Fsp3) is 0.174. The average Bonchev–Trinajstić information content (AvgIpc) is 2.61. The zero-order valence-corrected chi connectivity index (χ0v) is 18.9. The van der Waals surface area contributed by atoms with Gasteiger partial charge < -0.3 is 0 Å². The van der Waals surface area contributed by atoms with Crippen LogP contribution in [0.3, 0.4) is 0 Å². The third kappa shape index (κ3) is 4.51. The van der Waals surface area contributed by atoms with E-state index in [9.17, 15) is 4.79 Å². The molecule has 3 aromatic rings.